The van der Waals surface area contributed by atoms with E-state index in [1.165, 1.54) is 155 Å². The molecule has 0 unspecified atom stereocenters. The zero-order valence-corrected chi connectivity index (χ0v) is 56.1. The van der Waals surface area contributed by atoms with Gasteiger partial charge >= 0.3 is 523 Å². The molecule has 4 aliphatic rings. The summed E-state index contributed by atoms with van der Waals surface area (Å²) < 4.78 is 15.7. The molecular weight excluding hydrogens is 1330 g/mol. The average molecular weight is 1390 g/mol. The second-order valence-corrected chi connectivity index (χ2v) is 31.4. The van der Waals surface area contributed by atoms with E-state index in [2.05, 4.69) is 328 Å². The monoisotopic (exact) mass is 1390 g/mol. The molecule has 16 aromatic rings. The molecule has 436 valence electrons. The summed E-state index contributed by atoms with van der Waals surface area (Å²) in [6.45, 7) is 0.466. The first-order valence-corrected chi connectivity index (χ1v) is 37.4. The van der Waals surface area contributed by atoms with Crippen molar-refractivity contribution in [3.63, 3.8) is 0 Å². The van der Waals surface area contributed by atoms with Crippen LogP contribution in [0, 0.1) is 0 Å². The summed E-state index contributed by atoms with van der Waals surface area (Å²) in [5.74, 6) is 1.95. The predicted octanol–water partition coefficient (Wildman–Crippen LogP) is 13.0. The van der Waals surface area contributed by atoms with Gasteiger partial charge in [-0.15, -0.1) is 0 Å². The van der Waals surface area contributed by atoms with Crippen LogP contribution >= 0.6 is 0 Å². The predicted molar refractivity (Wildman–Crippen MR) is 406 cm³/mol. The number of ether oxygens (including phenoxy) is 1. The van der Waals surface area contributed by atoms with Crippen LogP contribution in [0.1, 0.15) is 0 Å². The van der Waals surface area contributed by atoms with Crippen molar-refractivity contribution in [2.75, 3.05) is 0 Å². The number of hydrogen-bond donors (Lipinski definition) is 0. The van der Waals surface area contributed by atoms with E-state index in [9.17, 15) is 0 Å². The molecule has 16 aromatic carbocycles. The molecule has 20 rings (SSSR count). The molecule has 0 aromatic heterocycles. The van der Waals surface area contributed by atoms with Gasteiger partial charge in [-0.2, -0.15) is 0 Å². The Morgan fingerprint density at radius 2 is 0.585 bits per heavy atom. The van der Waals surface area contributed by atoms with Gasteiger partial charge < -0.3 is 0 Å². The van der Waals surface area contributed by atoms with Crippen LogP contribution in [-0.2, 0) is 0 Å². The topological polar surface area (TPSA) is 9.23 Å². The van der Waals surface area contributed by atoms with Gasteiger partial charge in [-0.1, -0.05) is 42.5 Å². The van der Waals surface area contributed by atoms with Crippen molar-refractivity contribution in [3.05, 3.63) is 328 Å². The third-order valence-corrected chi connectivity index (χ3v) is 27.1. The quantitative estimate of drug-likeness (QED) is 0.119. The van der Waals surface area contributed by atoms with E-state index >= 15 is 0 Å². The van der Waals surface area contributed by atoms with E-state index in [0.29, 0.717) is 21.7 Å². The van der Waals surface area contributed by atoms with Crippen molar-refractivity contribution < 1.29 is 4.74 Å². The van der Waals surface area contributed by atoms with E-state index in [4.69, 9.17) is 4.74 Å². The van der Waals surface area contributed by atoms with Gasteiger partial charge in [0.2, 0.25) is 0 Å². The molecule has 0 saturated carbocycles. The normalized spacial score (nSPS) is 12.8. The first kappa shape index (κ1) is 55.7. The number of rotatable bonds is 6. The number of hydrogen-bond acceptors (Lipinski definition) is 1. The Kier molecular flexibility index (Phi) is 13.6. The molecule has 4 aliphatic heterocycles. The molecule has 94 heavy (non-hydrogen) atoms. The van der Waals surface area contributed by atoms with Crippen molar-refractivity contribution in [1.29, 1.82) is 0 Å². The molecule has 0 bridgehead atoms. The van der Waals surface area contributed by atoms with Crippen molar-refractivity contribution in [2.24, 2.45) is 0 Å². The van der Waals surface area contributed by atoms with Crippen LogP contribution in [0.5, 0.6) is 11.5 Å². The summed E-state index contributed by atoms with van der Waals surface area (Å²) in [4.78, 5) is 0. The Labute approximate surface area is 566 Å². The third-order valence-electron chi connectivity index (χ3n) is 19.6. The third kappa shape index (κ3) is 8.98. The van der Waals surface area contributed by atoms with E-state index in [1.807, 2.05) is 0 Å². The first-order chi connectivity index (χ1) is 46.7. The van der Waals surface area contributed by atoms with Crippen molar-refractivity contribution in [3.8, 4) is 78.3 Å². The Balaban J connectivity index is 0.000000133. The van der Waals surface area contributed by atoms with Crippen molar-refractivity contribution in [1.82, 2.24) is 0 Å². The van der Waals surface area contributed by atoms with Crippen LogP contribution in [0.3, 0.4) is 0 Å². The standard InChI is InChI=1S/C44H27BOSe.C44H27BSe2/c1-2-13-28(14-3-1)42-32-17-6-8-19-34(32)43(35-20-9-7-18-33(35)42)31-16-5-4-15-30(31)29-25-26-38-37(27-29)45-36-21-10-11-23-40(36)47-41-24-12-22-39(46-38)44(41)45;1-2-14-28(15-3-1)41-31-18-6-8-20-33(31)42(34-21-9-7-19-32(34)41)30-17-5-4-16-29(30)35-22-12-24-37-44(35)47-40-27-13-26-39-43(40)45(37)36-23-10-11-25-38(36)46-39/h2*1-27H. The molecule has 0 saturated heterocycles. The summed E-state index contributed by atoms with van der Waals surface area (Å²) in [6.07, 6.45) is 0. The first-order valence-electron chi connectivity index (χ1n) is 32.3. The van der Waals surface area contributed by atoms with Crippen LogP contribution in [0.2, 0.25) is 0 Å². The van der Waals surface area contributed by atoms with Crippen LogP contribution < -0.4 is 64.3 Å². The maximum atomic E-state index is 6.63. The molecule has 1 nitrogen and oxygen atoms in total. The van der Waals surface area contributed by atoms with Gasteiger partial charge in [-0.3, -0.25) is 0 Å². The van der Waals surface area contributed by atoms with Gasteiger partial charge in [-0.25, -0.2) is 0 Å². The Morgan fingerprint density at radius 3 is 1.13 bits per heavy atom. The van der Waals surface area contributed by atoms with Gasteiger partial charge in [0.1, 0.15) is 0 Å². The Bertz CT molecular complexity index is 5590. The maximum absolute atomic E-state index is 6.63. The Hall–Kier alpha value is -9.95. The van der Waals surface area contributed by atoms with Crippen molar-refractivity contribution in [2.45, 2.75) is 0 Å². The summed E-state index contributed by atoms with van der Waals surface area (Å²) in [5.41, 5.74) is 24.0. The van der Waals surface area contributed by atoms with Gasteiger partial charge in [-0.05, 0) is 5.56 Å². The minimum absolute atomic E-state index is 0.163. The van der Waals surface area contributed by atoms with Gasteiger partial charge in [0.05, 0.1) is 0 Å². The SMILES string of the molecule is c1ccc(-c2c3ccccc3c(-c3ccccc3-c3ccc4c(c3)B3c5ccccc5[Se]c5cccc(c53)O4)c3ccccc23)cc1.c1ccc(-c2c3ccccc3c(-c3ccccc3-c3cccc4c3[Se]c3cccc5c3B4c3ccccc3[Se]5)c3ccccc23)cc1. The second kappa shape index (κ2) is 23.0. The van der Waals surface area contributed by atoms with Crippen LogP contribution in [0.4, 0.5) is 0 Å². The average Bonchev–Trinajstić information content (AvgIpc) is 0.744. The van der Waals surface area contributed by atoms with Gasteiger partial charge in [0.15, 0.2) is 0 Å². The molecule has 0 aliphatic carbocycles. The summed E-state index contributed by atoms with van der Waals surface area (Å²) in [5, 5.41) is 10.3. The summed E-state index contributed by atoms with van der Waals surface area (Å²) in [7, 11) is 0. The van der Waals surface area contributed by atoms with E-state index in [0.717, 1.165) is 11.5 Å². The van der Waals surface area contributed by atoms with Crippen LogP contribution in [0.15, 0.2) is 328 Å². The molecule has 4 heterocycles. The molecule has 0 fully saturated rings. The van der Waals surface area contributed by atoms with Crippen molar-refractivity contribution >= 4 is 161 Å². The van der Waals surface area contributed by atoms with Crippen LogP contribution in [0.25, 0.3) is 110 Å². The molecule has 0 radical (unpaired) electrons. The Morgan fingerprint density at radius 1 is 0.213 bits per heavy atom. The van der Waals surface area contributed by atoms with E-state index < -0.39 is 0 Å². The van der Waals surface area contributed by atoms with E-state index in [1.54, 1.807) is 14.4 Å². The van der Waals surface area contributed by atoms with E-state index in [-0.39, 0.29) is 36.6 Å². The molecule has 6 heteroatoms. The second-order valence-electron chi connectivity index (χ2n) is 24.7. The van der Waals surface area contributed by atoms with Gasteiger partial charge in [0, 0.05) is 0 Å². The number of benzene rings is 16. The number of fused-ring (bicyclic) bond motifs is 12. The fourth-order valence-corrected chi connectivity index (χ4v) is 23.7. The zero-order chi connectivity index (χ0) is 61.8. The molecular formula is C88H54B2OSe3. The van der Waals surface area contributed by atoms with Gasteiger partial charge in [0.25, 0.3) is 0 Å². The summed E-state index contributed by atoms with van der Waals surface area (Å²) >= 11 is 0.826. The van der Waals surface area contributed by atoms with Crippen LogP contribution in [-0.4, -0.2) is 58.3 Å². The summed E-state index contributed by atoms with van der Waals surface area (Å²) in [6, 6.07) is 121. The molecule has 0 atom stereocenters. The molecule has 0 amide bonds. The fourth-order valence-electron chi connectivity index (χ4n) is 15.7. The molecule has 0 spiro atoms. The fraction of sp³-hybridized carbons (Fsp3) is 0. The zero-order valence-electron chi connectivity index (χ0n) is 51.0. The minimum atomic E-state index is 0.163. The molecule has 0 N–H and O–H groups in total.